The quantitative estimate of drug-likeness (QED) is 0.112. The van der Waals surface area contributed by atoms with Gasteiger partial charge in [-0.1, -0.05) is 60.7 Å². The largest absolute Gasteiger partial charge is 0.448 e. The molecule has 0 aliphatic heterocycles. The molecule has 6 nitrogen and oxygen atoms in total. The highest BCUT2D eigenvalue weighted by atomic mass is 19.2. The maximum absolute atomic E-state index is 13.7. The second-order valence-corrected chi connectivity index (χ2v) is 8.43. The topological polar surface area (TPSA) is 63.0 Å². The molecular formula is C29H28F3NO5. The zero-order chi connectivity index (χ0) is 26.7. The fourth-order valence-electron chi connectivity index (χ4n) is 3.74. The Labute approximate surface area is 218 Å². The summed E-state index contributed by atoms with van der Waals surface area (Å²) in [6, 6.07) is 21.1. The van der Waals surface area contributed by atoms with Gasteiger partial charge in [-0.25, -0.2) is 18.2 Å². The Hall–Kier alpha value is -3.50. The van der Waals surface area contributed by atoms with Crippen LogP contribution in [0.1, 0.15) is 17.0 Å². The summed E-state index contributed by atoms with van der Waals surface area (Å²) in [5.41, 5.74) is 2.21. The highest BCUT2D eigenvalue weighted by Crippen LogP contribution is 2.24. The molecule has 4 aromatic rings. The van der Waals surface area contributed by atoms with Crippen LogP contribution in [0.4, 0.5) is 13.2 Å². The normalized spacial score (nSPS) is 12.9. The van der Waals surface area contributed by atoms with E-state index < -0.39 is 29.8 Å². The minimum Gasteiger partial charge on any atom is -0.448 e. The highest BCUT2D eigenvalue weighted by molar-refractivity contribution is 5.58. The van der Waals surface area contributed by atoms with E-state index >= 15 is 0 Å². The van der Waals surface area contributed by atoms with Crippen molar-refractivity contribution in [2.75, 3.05) is 20.3 Å². The number of hydrogen-bond acceptors (Lipinski definition) is 6. The molecule has 1 unspecified atom stereocenters. The van der Waals surface area contributed by atoms with E-state index in [9.17, 15) is 13.2 Å². The van der Waals surface area contributed by atoms with Gasteiger partial charge < -0.3 is 23.4 Å². The molecule has 1 aromatic heterocycles. The van der Waals surface area contributed by atoms with E-state index in [0.29, 0.717) is 13.2 Å². The predicted octanol–water partition coefficient (Wildman–Crippen LogP) is 6.09. The molecule has 0 radical (unpaired) electrons. The first kappa shape index (κ1) is 27.5. The van der Waals surface area contributed by atoms with Crippen molar-refractivity contribution in [3.63, 3.8) is 0 Å². The smallest absolute Gasteiger partial charge is 0.197 e. The van der Waals surface area contributed by atoms with Crippen LogP contribution in [0.25, 0.3) is 11.3 Å². The van der Waals surface area contributed by atoms with Crippen LogP contribution in [0.15, 0.2) is 83.5 Å². The molecule has 4 rings (SSSR count). The zero-order valence-electron chi connectivity index (χ0n) is 20.8. The summed E-state index contributed by atoms with van der Waals surface area (Å²) in [4.78, 5) is 4.31. The second kappa shape index (κ2) is 13.9. The molecule has 2 atom stereocenters. The number of nitrogens with zero attached hydrogens (tertiary/aromatic N) is 1. The van der Waals surface area contributed by atoms with Gasteiger partial charge in [-0.2, -0.15) is 0 Å². The number of oxazole rings is 1. The van der Waals surface area contributed by atoms with Crippen molar-refractivity contribution < 1.29 is 36.5 Å². The first-order valence-corrected chi connectivity index (χ1v) is 12.0. The number of halogens is 3. The third-order valence-corrected chi connectivity index (χ3v) is 5.67. The summed E-state index contributed by atoms with van der Waals surface area (Å²) < 4.78 is 69.5. The Morgan fingerprint density at radius 1 is 0.816 bits per heavy atom. The first-order valence-electron chi connectivity index (χ1n) is 12.0. The summed E-state index contributed by atoms with van der Waals surface area (Å²) in [6.45, 7) is 1.33. The van der Waals surface area contributed by atoms with Gasteiger partial charge in [0.05, 0.1) is 32.8 Å². The van der Waals surface area contributed by atoms with Crippen LogP contribution >= 0.6 is 0 Å². The van der Waals surface area contributed by atoms with Gasteiger partial charge >= 0.3 is 0 Å². The lowest BCUT2D eigenvalue weighted by molar-refractivity contribution is -0.203. The van der Waals surface area contributed by atoms with E-state index in [4.69, 9.17) is 23.4 Å². The first-order chi connectivity index (χ1) is 18.5. The molecule has 0 saturated heterocycles. The molecule has 0 saturated carbocycles. The van der Waals surface area contributed by atoms with Crippen LogP contribution in [0.3, 0.4) is 0 Å². The fourth-order valence-corrected chi connectivity index (χ4v) is 3.74. The number of aromatic nitrogens is 1. The Morgan fingerprint density at radius 2 is 1.45 bits per heavy atom. The molecule has 3 aromatic carbocycles. The van der Waals surface area contributed by atoms with E-state index in [-0.39, 0.29) is 36.8 Å². The molecule has 0 amide bonds. The molecule has 0 N–H and O–H groups in total. The van der Waals surface area contributed by atoms with Crippen LogP contribution in [0, 0.1) is 17.5 Å². The van der Waals surface area contributed by atoms with E-state index in [1.807, 2.05) is 60.7 Å². The molecule has 9 heteroatoms. The third-order valence-electron chi connectivity index (χ3n) is 5.67. The molecule has 1 heterocycles. The third kappa shape index (κ3) is 7.75. The maximum atomic E-state index is 13.7. The second-order valence-electron chi connectivity index (χ2n) is 8.43. The van der Waals surface area contributed by atoms with Gasteiger partial charge in [-0.3, -0.25) is 0 Å². The summed E-state index contributed by atoms with van der Waals surface area (Å²) >= 11 is 0. The van der Waals surface area contributed by atoms with Gasteiger partial charge in [0.2, 0.25) is 0 Å². The van der Waals surface area contributed by atoms with E-state index in [1.54, 1.807) is 0 Å². The Kier molecular flexibility index (Phi) is 10.1. The van der Waals surface area contributed by atoms with Crippen LogP contribution in [0.5, 0.6) is 0 Å². The average Bonchev–Trinajstić information content (AvgIpc) is 3.41. The molecule has 0 bridgehead atoms. The molecule has 200 valence electrons. The number of ether oxygens (including phenoxy) is 4. The Bertz CT molecular complexity index is 1250. The van der Waals surface area contributed by atoms with Crippen molar-refractivity contribution in [1.82, 2.24) is 4.98 Å². The minimum atomic E-state index is -1.54. The molecule has 0 aliphatic rings. The van der Waals surface area contributed by atoms with Crippen LogP contribution in [-0.2, 0) is 38.6 Å². The van der Waals surface area contributed by atoms with Gasteiger partial charge in [0.1, 0.15) is 18.1 Å². The summed E-state index contributed by atoms with van der Waals surface area (Å²) in [5.74, 6) is -3.93. The van der Waals surface area contributed by atoms with Gasteiger partial charge in [-0.05, 0) is 23.3 Å². The van der Waals surface area contributed by atoms with Crippen LogP contribution < -0.4 is 0 Å². The number of hydrogen-bond donors (Lipinski definition) is 0. The van der Waals surface area contributed by atoms with Gasteiger partial charge in [0, 0.05) is 12.7 Å². The van der Waals surface area contributed by atoms with Crippen molar-refractivity contribution in [1.29, 1.82) is 0 Å². The van der Waals surface area contributed by atoms with Gasteiger partial charge in [0.25, 0.3) is 0 Å². The summed E-state index contributed by atoms with van der Waals surface area (Å²) in [7, 11) is 1.50. The van der Waals surface area contributed by atoms with E-state index in [1.165, 1.54) is 13.4 Å². The summed E-state index contributed by atoms with van der Waals surface area (Å²) in [5, 5.41) is 0. The molecule has 0 spiro atoms. The maximum Gasteiger partial charge on any atom is 0.197 e. The van der Waals surface area contributed by atoms with Gasteiger partial charge in [-0.15, -0.1) is 0 Å². The van der Waals surface area contributed by atoms with Crippen molar-refractivity contribution in [3.05, 3.63) is 114 Å². The zero-order valence-corrected chi connectivity index (χ0v) is 20.8. The average molecular weight is 528 g/mol. The molecule has 0 fully saturated rings. The molecule has 38 heavy (non-hydrogen) atoms. The Balaban J connectivity index is 1.40. The number of benzene rings is 3. The number of rotatable bonds is 14. The monoisotopic (exact) mass is 527 g/mol. The molecule has 0 aliphatic carbocycles. The van der Waals surface area contributed by atoms with Crippen LogP contribution in [0.2, 0.25) is 0 Å². The lowest BCUT2D eigenvalue weighted by Gasteiger charge is -2.25. The SMILES string of the molecule is COC(OCCOCc1ccccc1)[C@H](Cc1nc(-c2cc(F)c(F)c(F)c2)co1)OCc1ccccc1. The lowest BCUT2D eigenvalue weighted by Crippen LogP contribution is -2.36. The van der Waals surface area contributed by atoms with E-state index in [0.717, 1.165) is 23.3 Å². The Morgan fingerprint density at radius 3 is 2.08 bits per heavy atom. The van der Waals surface area contributed by atoms with Crippen molar-refractivity contribution in [2.24, 2.45) is 0 Å². The van der Waals surface area contributed by atoms with Crippen molar-refractivity contribution in [2.45, 2.75) is 32.0 Å². The van der Waals surface area contributed by atoms with Gasteiger partial charge in [0.15, 0.2) is 29.6 Å². The minimum absolute atomic E-state index is 0.0493. The standard InChI is InChI=1S/C29H28F3NO5/c1-34-29(36-13-12-35-17-20-8-4-2-5-9-20)26(37-18-21-10-6-3-7-11-21)16-27-33-25(19-38-27)22-14-23(30)28(32)24(31)15-22/h2-11,14-15,19,26,29H,12-13,16-18H2,1H3/t26-,29?/m0/s1. The predicted molar refractivity (Wildman–Crippen MR) is 133 cm³/mol. The lowest BCUT2D eigenvalue weighted by atomic mass is 10.1. The van der Waals surface area contributed by atoms with Crippen molar-refractivity contribution in [3.8, 4) is 11.3 Å². The van der Waals surface area contributed by atoms with Crippen LogP contribution in [-0.4, -0.2) is 37.7 Å². The fraction of sp³-hybridized carbons (Fsp3) is 0.276. The molecular weight excluding hydrogens is 499 g/mol. The highest BCUT2D eigenvalue weighted by Gasteiger charge is 2.26. The number of methoxy groups -OCH3 is 1. The van der Waals surface area contributed by atoms with Crippen molar-refractivity contribution >= 4 is 0 Å². The van der Waals surface area contributed by atoms with E-state index in [2.05, 4.69) is 4.98 Å². The summed E-state index contributed by atoms with van der Waals surface area (Å²) in [6.07, 6.45) is -0.0318.